The van der Waals surface area contributed by atoms with Crippen LogP contribution < -0.4 is 11.1 Å². The Bertz CT molecular complexity index is 415. The molecule has 92 valence electrons. The van der Waals surface area contributed by atoms with Crippen molar-refractivity contribution in [1.82, 2.24) is 5.32 Å². The first-order chi connectivity index (χ1) is 8.29. The van der Waals surface area contributed by atoms with Gasteiger partial charge in [-0.2, -0.15) is 0 Å². The van der Waals surface area contributed by atoms with E-state index in [1.54, 1.807) is 0 Å². The summed E-state index contributed by atoms with van der Waals surface area (Å²) in [5.41, 5.74) is 6.09. The zero-order chi connectivity index (χ0) is 12.5. The van der Waals surface area contributed by atoms with Crippen LogP contribution >= 0.6 is 11.3 Å². The summed E-state index contributed by atoms with van der Waals surface area (Å²) in [6, 6.07) is 1.86. The molecule has 0 aliphatic carbocycles. The van der Waals surface area contributed by atoms with Crippen molar-refractivity contribution in [3.05, 3.63) is 21.9 Å². The molecule has 0 aromatic carbocycles. The second-order valence-corrected chi connectivity index (χ2v) is 4.55. The van der Waals surface area contributed by atoms with E-state index < -0.39 is 0 Å². The standard InChI is InChI=1S/C13H18N2OS/c1-2-3-4-9-15-13(16)12-11(6-5-8-14)7-10-17-12/h7,10H,2-4,8-9,14H2,1H3,(H,15,16). The number of nitrogens with two attached hydrogens (primary N) is 1. The van der Waals surface area contributed by atoms with E-state index in [1.807, 2.05) is 11.4 Å². The molecule has 1 aromatic heterocycles. The number of nitrogens with one attached hydrogen (secondary N) is 1. The van der Waals surface area contributed by atoms with Gasteiger partial charge in [0, 0.05) is 12.1 Å². The molecule has 1 aromatic rings. The summed E-state index contributed by atoms with van der Waals surface area (Å²) in [7, 11) is 0. The first-order valence-electron chi connectivity index (χ1n) is 5.84. The Balaban J connectivity index is 2.54. The van der Waals surface area contributed by atoms with E-state index in [2.05, 4.69) is 24.1 Å². The molecule has 0 saturated heterocycles. The van der Waals surface area contributed by atoms with Gasteiger partial charge in [0.25, 0.3) is 5.91 Å². The lowest BCUT2D eigenvalue weighted by atomic mass is 10.2. The number of amides is 1. The van der Waals surface area contributed by atoms with Gasteiger partial charge in [-0.05, 0) is 17.9 Å². The Morgan fingerprint density at radius 2 is 2.35 bits per heavy atom. The van der Waals surface area contributed by atoms with E-state index in [0.29, 0.717) is 11.4 Å². The molecule has 0 bridgehead atoms. The number of hydrogen-bond acceptors (Lipinski definition) is 3. The van der Waals surface area contributed by atoms with E-state index in [9.17, 15) is 4.79 Å². The second-order valence-electron chi connectivity index (χ2n) is 3.63. The van der Waals surface area contributed by atoms with Crippen LogP contribution in [0.1, 0.15) is 41.4 Å². The van der Waals surface area contributed by atoms with E-state index in [4.69, 9.17) is 5.73 Å². The zero-order valence-electron chi connectivity index (χ0n) is 10.1. The van der Waals surface area contributed by atoms with E-state index in [0.717, 1.165) is 31.4 Å². The maximum Gasteiger partial charge on any atom is 0.262 e. The van der Waals surface area contributed by atoms with E-state index in [-0.39, 0.29) is 5.91 Å². The predicted molar refractivity (Wildman–Crippen MR) is 72.1 cm³/mol. The molecule has 0 saturated carbocycles. The van der Waals surface area contributed by atoms with E-state index in [1.165, 1.54) is 11.3 Å². The summed E-state index contributed by atoms with van der Waals surface area (Å²) in [5, 5.41) is 4.79. The monoisotopic (exact) mass is 250 g/mol. The highest BCUT2D eigenvalue weighted by Crippen LogP contribution is 2.15. The highest BCUT2D eigenvalue weighted by molar-refractivity contribution is 7.12. The Labute approximate surface area is 106 Å². The summed E-state index contributed by atoms with van der Waals surface area (Å²) >= 11 is 1.42. The summed E-state index contributed by atoms with van der Waals surface area (Å²) in [5.74, 6) is 5.65. The highest BCUT2D eigenvalue weighted by atomic mass is 32.1. The lowest BCUT2D eigenvalue weighted by Crippen LogP contribution is -2.24. The van der Waals surface area contributed by atoms with Crippen molar-refractivity contribution in [2.45, 2.75) is 26.2 Å². The molecule has 0 aliphatic heterocycles. The Morgan fingerprint density at radius 1 is 1.53 bits per heavy atom. The molecule has 3 nitrogen and oxygen atoms in total. The van der Waals surface area contributed by atoms with Gasteiger partial charge in [-0.15, -0.1) is 11.3 Å². The fourth-order valence-electron chi connectivity index (χ4n) is 1.39. The van der Waals surface area contributed by atoms with E-state index >= 15 is 0 Å². The smallest absolute Gasteiger partial charge is 0.262 e. The topological polar surface area (TPSA) is 55.1 Å². The minimum Gasteiger partial charge on any atom is -0.351 e. The van der Waals surface area contributed by atoms with Crippen molar-refractivity contribution in [2.24, 2.45) is 5.73 Å². The normalized spacial score (nSPS) is 9.53. The van der Waals surface area contributed by atoms with Crippen molar-refractivity contribution in [2.75, 3.05) is 13.1 Å². The van der Waals surface area contributed by atoms with Gasteiger partial charge >= 0.3 is 0 Å². The van der Waals surface area contributed by atoms with Crippen LogP contribution in [0, 0.1) is 11.8 Å². The van der Waals surface area contributed by atoms with Crippen molar-refractivity contribution < 1.29 is 4.79 Å². The summed E-state index contributed by atoms with van der Waals surface area (Å²) in [4.78, 5) is 12.5. The molecular weight excluding hydrogens is 232 g/mol. The maximum absolute atomic E-state index is 11.9. The predicted octanol–water partition coefficient (Wildman–Crippen LogP) is 1.98. The SMILES string of the molecule is CCCCCNC(=O)c1sccc1C#CCN. The minimum absolute atomic E-state index is 0.0302. The summed E-state index contributed by atoms with van der Waals surface area (Å²) in [6.07, 6.45) is 3.32. The van der Waals surface area contributed by atoms with Crippen LogP contribution in [0.4, 0.5) is 0 Å². The molecule has 0 atom stereocenters. The number of rotatable bonds is 5. The minimum atomic E-state index is -0.0302. The molecule has 0 fully saturated rings. The average molecular weight is 250 g/mol. The van der Waals surface area contributed by atoms with Gasteiger partial charge in [0.2, 0.25) is 0 Å². The van der Waals surface area contributed by atoms with Gasteiger partial charge in [0.05, 0.1) is 6.54 Å². The van der Waals surface area contributed by atoms with Crippen LogP contribution in [-0.2, 0) is 0 Å². The summed E-state index contributed by atoms with van der Waals surface area (Å²) in [6.45, 7) is 3.18. The summed E-state index contributed by atoms with van der Waals surface area (Å²) < 4.78 is 0. The molecule has 1 amide bonds. The third kappa shape index (κ3) is 4.59. The number of hydrogen-bond donors (Lipinski definition) is 2. The van der Waals surface area contributed by atoms with Gasteiger partial charge < -0.3 is 11.1 Å². The molecule has 4 heteroatoms. The van der Waals surface area contributed by atoms with Gasteiger partial charge in [-0.3, -0.25) is 4.79 Å². The number of carbonyl (C=O) groups is 1. The third-order valence-electron chi connectivity index (χ3n) is 2.26. The van der Waals surface area contributed by atoms with Gasteiger partial charge in [-0.1, -0.05) is 31.6 Å². The van der Waals surface area contributed by atoms with Crippen molar-refractivity contribution in [1.29, 1.82) is 0 Å². The van der Waals surface area contributed by atoms with Gasteiger partial charge in [0.15, 0.2) is 0 Å². The molecule has 0 radical (unpaired) electrons. The van der Waals surface area contributed by atoms with Crippen molar-refractivity contribution in [3.8, 4) is 11.8 Å². The molecular formula is C13H18N2OS. The zero-order valence-corrected chi connectivity index (χ0v) is 10.9. The number of unbranched alkanes of at least 4 members (excludes halogenated alkanes) is 2. The third-order valence-corrected chi connectivity index (χ3v) is 3.18. The molecule has 1 heterocycles. The molecule has 0 aliphatic rings. The van der Waals surface area contributed by atoms with Crippen molar-refractivity contribution in [3.63, 3.8) is 0 Å². The lowest BCUT2D eigenvalue weighted by Gasteiger charge is -2.03. The van der Waals surface area contributed by atoms with Crippen LogP contribution in [0.25, 0.3) is 0 Å². The number of thiophene rings is 1. The van der Waals surface area contributed by atoms with Crippen molar-refractivity contribution >= 4 is 17.2 Å². The average Bonchev–Trinajstić information content (AvgIpc) is 2.80. The fraction of sp³-hybridized carbons (Fsp3) is 0.462. The number of carbonyl (C=O) groups excluding carboxylic acids is 1. The first-order valence-corrected chi connectivity index (χ1v) is 6.72. The van der Waals surface area contributed by atoms with Gasteiger partial charge in [0.1, 0.15) is 4.88 Å². The fourth-order valence-corrected chi connectivity index (χ4v) is 2.15. The van der Waals surface area contributed by atoms with Crippen LogP contribution in [0.3, 0.4) is 0 Å². The second kappa shape index (κ2) is 7.88. The molecule has 3 N–H and O–H groups in total. The maximum atomic E-state index is 11.9. The largest absolute Gasteiger partial charge is 0.351 e. The molecule has 0 spiro atoms. The molecule has 1 rings (SSSR count). The van der Waals surface area contributed by atoms with Crippen LogP contribution in [0.2, 0.25) is 0 Å². The van der Waals surface area contributed by atoms with Crippen LogP contribution in [0.5, 0.6) is 0 Å². The quantitative estimate of drug-likeness (QED) is 0.620. The highest BCUT2D eigenvalue weighted by Gasteiger charge is 2.10. The first kappa shape index (κ1) is 13.8. The Kier molecular flexibility index (Phi) is 6.38. The molecule has 17 heavy (non-hydrogen) atoms. The lowest BCUT2D eigenvalue weighted by molar-refractivity contribution is 0.0957. The van der Waals surface area contributed by atoms with Crippen LogP contribution in [0.15, 0.2) is 11.4 Å². The van der Waals surface area contributed by atoms with Gasteiger partial charge in [-0.25, -0.2) is 0 Å². The molecule has 0 unspecified atom stereocenters. The Hall–Kier alpha value is -1.31. The van der Waals surface area contributed by atoms with Crippen LogP contribution in [-0.4, -0.2) is 19.0 Å². The Morgan fingerprint density at radius 3 is 3.06 bits per heavy atom.